The molecule has 136 valence electrons. The molecule has 0 bridgehead atoms. The molecule has 3 aromatic rings. The molecular weight excluding hydrogens is 351 g/mol. The molecule has 0 radical (unpaired) electrons. The Morgan fingerprint density at radius 3 is 2.42 bits per heavy atom. The van der Waals surface area contributed by atoms with Crippen LogP contribution in [0, 0.1) is 5.82 Å². The van der Waals surface area contributed by atoms with Crippen LogP contribution < -0.4 is 10.2 Å². The smallest absolute Gasteiger partial charge is 0.225 e. The van der Waals surface area contributed by atoms with Crippen LogP contribution >= 0.6 is 12.4 Å². The van der Waals surface area contributed by atoms with Crippen LogP contribution in [0.2, 0.25) is 0 Å². The third-order valence-electron chi connectivity index (χ3n) is 4.60. The standard InChI is InChI=1S/C20H21FN4.ClH/c21-16-10-8-15(9-11-16)14-22-20-23-18-7-3-2-6-17(18)19(24-20)25-12-4-1-5-13-25;/h2-3,6-11H,1,4-5,12-14H2,(H,22,23,24);1H. The number of anilines is 2. The molecule has 0 saturated carbocycles. The largest absolute Gasteiger partial charge is 0.356 e. The lowest BCUT2D eigenvalue weighted by molar-refractivity contribution is 0.574. The van der Waals surface area contributed by atoms with E-state index in [0.29, 0.717) is 12.5 Å². The van der Waals surface area contributed by atoms with Crippen molar-refractivity contribution in [2.75, 3.05) is 23.3 Å². The van der Waals surface area contributed by atoms with Crippen molar-refractivity contribution in [3.8, 4) is 0 Å². The highest BCUT2D eigenvalue weighted by Crippen LogP contribution is 2.27. The van der Waals surface area contributed by atoms with Crippen LogP contribution in [-0.2, 0) is 6.54 Å². The summed E-state index contributed by atoms with van der Waals surface area (Å²) in [7, 11) is 0. The summed E-state index contributed by atoms with van der Waals surface area (Å²) >= 11 is 0. The van der Waals surface area contributed by atoms with Crippen molar-refractivity contribution in [2.45, 2.75) is 25.8 Å². The summed E-state index contributed by atoms with van der Waals surface area (Å²) in [5.41, 5.74) is 1.94. The molecule has 0 aliphatic carbocycles. The number of halogens is 2. The number of nitrogens with one attached hydrogen (secondary N) is 1. The van der Waals surface area contributed by atoms with Gasteiger partial charge in [0, 0.05) is 25.0 Å². The molecule has 1 aliphatic rings. The van der Waals surface area contributed by atoms with Gasteiger partial charge in [-0.1, -0.05) is 24.3 Å². The van der Waals surface area contributed by atoms with Crippen molar-refractivity contribution < 1.29 is 4.39 Å². The predicted octanol–water partition coefficient (Wildman–Crippen LogP) is 4.79. The molecule has 1 N–H and O–H groups in total. The molecule has 1 saturated heterocycles. The summed E-state index contributed by atoms with van der Waals surface area (Å²) in [6, 6.07) is 14.6. The number of para-hydroxylation sites is 1. The van der Waals surface area contributed by atoms with Crippen molar-refractivity contribution in [3.63, 3.8) is 0 Å². The topological polar surface area (TPSA) is 41.1 Å². The van der Waals surface area contributed by atoms with E-state index < -0.39 is 0 Å². The fourth-order valence-corrected chi connectivity index (χ4v) is 3.27. The minimum atomic E-state index is -0.224. The van der Waals surface area contributed by atoms with E-state index in [2.05, 4.69) is 21.3 Å². The molecular formula is C20H22ClFN4. The lowest BCUT2D eigenvalue weighted by atomic mass is 10.1. The molecule has 0 atom stereocenters. The molecule has 1 aliphatic heterocycles. The maximum atomic E-state index is 13.0. The normalized spacial score (nSPS) is 14.1. The van der Waals surface area contributed by atoms with Crippen LogP contribution in [-0.4, -0.2) is 23.1 Å². The molecule has 2 heterocycles. The van der Waals surface area contributed by atoms with Crippen molar-refractivity contribution >= 4 is 35.1 Å². The van der Waals surface area contributed by atoms with E-state index in [4.69, 9.17) is 4.98 Å². The Hall–Kier alpha value is -2.40. The van der Waals surface area contributed by atoms with Crippen LogP contribution in [0.3, 0.4) is 0 Å². The minimum Gasteiger partial charge on any atom is -0.356 e. The third-order valence-corrected chi connectivity index (χ3v) is 4.60. The summed E-state index contributed by atoms with van der Waals surface area (Å²) in [6.45, 7) is 2.65. The Bertz CT molecular complexity index is 863. The fourth-order valence-electron chi connectivity index (χ4n) is 3.27. The molecule has 1 fully saturated rings. The zero-order chi connectivity index (χ0) is 17.1. The Morgan fingerprint density at radius 2 is 1.65 bits per heavy atom. The Labute approximate surface area is 158 Å². The average Bonchev–Trinajstić information content (AvgIpc) is 2.67. The number of hydrogen-bond donors (Lipinski definition) is 1. The van der Waals surface area contributed by atoms with Gasteiger partial charge in [-0.25, -0.2) is 9.37 Å². The van der Waals surface area contributed by atoms with Crippen LogP contribution in [0.1, 0.15) is 24.8 Å². The zero-order valence-corrected chi connectivity index (χ0v) is 15.3. The second-order valence-electron chi connectivity index (χ2n) is 6.42. The highest BCUT2D eigenvalue weighted by Gasteiger charge is 2.16. The van der Waals surface area contributed by atoms with Gasteiger partial charge in [-0.05, 0) is 49.1 Å². The van der Waals surface area contributed by atoms with Gasteiger partial charge in [0.05, 0.1) is 5.52 Å². The number of benzene rings is 2. The zero-order valence-electron chi connectivity index (χ0n) is 14.5. The van der Waals surface area contributed by atoms with E-state index in [9.17, 15) is 4.39 Å². The number of hydrogen-bond acceptors (Lipinski definition) is 4. The third kappa shape index (κ3) is 4.05. The molecule has 0 spiro atoms. The summed E-state index contributed by atoms with van der Waals surface area (Å²) in [6.07, 6.45) is 3.70. The molecule has 26 heavy (non-hydrogen) atoms. The monoisotopic (exact) mass is 372 g/mol. The Morgan fingerprint density at radius 1 is 0.923 bits per heavy atom. The van der Waals surface area contributed by atoms with Crippen LogP contribution in [0.5, 0.6) is 0 Å². The summed E-state index contributed by atoms with van der Waals surface area (Å²) in [5, 5.41) is 4.37. The maximum Gasteiger partial charge on any atom is 0.225 e. The molecule has 6 heteroatoms. The van der Waals surface area contributed by atoms with E-state index in [1.165, 1.54) is 31.4 Å². The van der Waals surface area contributed by atoms with Gasteiger partial charge in [0.15, 0.2) is 0 Å². The van der Waals surface area contributed by atoms with Gasteiger partial charge in [0.25, 0.3) is 0 Å². The van der Waals surface area contributed by atoms with E-state index in [0.717, 1.165) is 35.4 Å². The SMILES string of the molecule is Cl.Fc1ccc(CNc2nc(N3CCCCC3)c3ccccc3n2)cc1. The number of rotatable bonds is 4. The first-order valence-corrected chi connectivity index (χ1v) is 8.80. The lowest BCUT2D eigenvalue weighted by Gasteiger charge is -2.29. The summed E-state index contributed by atoms with van der Waals surface area (Å²) < 4.78 is 13.0. The maximum absolute atomic E-state index is 13.0. The van der Waals surface area contributed by atoms with Gasteiger partial charge in [-0.3, -0.25) is 0 Å². The van der Waals surface area contributed by atoms with E-state index >= 15 is 0 Å². The Balaban J connectivity index is 0.00000196. The molecule has 1 aromatic heterocycles. The Kier molecular flexibility index (Phi) is 5.89. The first-order chi connectivity index (χ1) is 12.3. The first kappa shape index (κ1) is 18.4. The highest BCUT2D eigenvalue weighted by molar-refractivity contribution is 5.90. The molecule has 4 nitrogen and oxygen atoms in total. The van der Waals surface area contributed by atoms with Crippen molar-refractivity contribution in [1.29, 1.82) is 0 Å². The molecule has 4 rings (SSSR count). The second-order valence-corrected chi connectivity index (χ2v) is 6.42. The van der Waals surface area contributed by atoms with Gasteiger partial charge >= 0.3 is 0 Å². The van der Waals surface area contributed by atoms with Gasteiger partial charge < -0.3 is 10.2 Å². The van der Waals surface area contributed by atoms with Crippen molar-refractivity contribution in [2.24, 2.45) is 0 Å². The van der Waals surface area contributed by atoms with E-state index in [1.807, 2.05) is 18.2 Å². The number of nitrogens with zero attached hydrogens (tertiary/aromatic N) is 3. The van der Waals surface area contributed by atoms with E-state index in [1.54, 1.807) is 12.1 Å². The number of aromatic nitrogens is 2. The van der Waals surface area contributed by atoms with Gasteiger partial charge in [-0.15, -0.1) is 12.4 Å². The van der Waals surface area contributed by atoms with Crippen LogP contribution in [0.15, 0.2) is 48.5 Å². The average molecular weight is 373 g/mol. The summed E-state index contributed by atoms with van der Waals surface area (Å²) in [5.74, 6) is 1.40. The summed E-state index contributed by atoms with van der Waals surface area (Å²) in [4.78, 5) is 11.8. The fraction of sp³-hybridized carbons (Fsp3) is 0.300. The quantitative estimate of drug-likeness (QED) is 0.714. The van der Waals surface area contributed by atoms with Crippen molar-refractivity contribution in [1.82, 2.24) is 9.97 Å². The van der Waals surface area contributed by atoms with Crippen molar-refractivity contribution in [3.05, 3.63) is 59.9 Å². The predicted molar refractivity (Wildman–Crippen MR) is 107 cm³/mol. The number of piperidine rings is 1. The molecule has 2 aromatic carbocycles. The number of fused-ring (bicyclic) bond motifs is 1. The lowest BCUT2D eigenvalue weighted by Crippen LogP contribution is -2.30. The van der Waals surface area contributed by atoms with Gasteiger partial charge in [-0.2, -0.15) is 4.98 Å². The van der Waals surface area contributed by atoms with Gasteiger partial charge in [0.1, 0.15) is 11.6 Å². The highest BCUT2D eigenvalue weighted by atomic mass is 35.5. The van der Waals surface area contributed by atoms with Gasteiger partial charge in [0.2, 0.25) is 5.95 Å². The molecule has 0 amide bonds. The van der Waals surface area contributed by atoms with Crippen LogP contribution in [0.25, 0.3) is 10.9 Å². The first-order valence-electron chi connectivity index (χ1n) is 8.80. The molecule has 0 unspecified atom stereocenters. The second kappa shape index (κ2) is 8.32. The van der Waals surface area contributed by atoms with E-state index in [-0.39, 0.29) is 18.2 Å². The minimum absolute atomic E-state index is 0. The van der Waals surface area contributed by atoms with Crippen LogP contribution in [0.4, 0.5) is 16.2 Å².